The van der Waals surface area contributed by atoms with E-state index in [1.807, 2.05) is 19.1 Å². The summed E-state index contributed by atoms with van der Waals surface area (Å²) in [6, 6.07) is 5.46. The number of halogens is 3. The molecule has 1 saturated carbocycles. The van der Waals surface area contributed by atoms with E-state index in [0.717, 1.165) is 31.2 Å². The minimum Gasteiger partial charge on any atom is -0.380 e. The van der Waals surface area contributed by atoms with Crippen LogP contribution in [-0.4, -0.2) is 23.1 Å². The standard InChI is InChI=1S/C19H21Cl3N4O/c1-11-5-6-14(8-15(11)20)26-19(27)25-13-4-2-3-12(7-13)24-18-16(21)9-23-10-17(18)22/h5-6,8-10,12-13H,2-4,7H2,1H3,(H,23,24)(H2,25,26,27)/t12?,13-/m1/s1. The molecule has 144 valence electrons. The van der Waals surface area contributed by atoms with Gasteiger partial charge in [0.1, 0.15) is 0 Å². The third kappa shape index (κ3) is 5.41. The van der Waals surface area contributed by atoms with E-state index in [0.29, 0.717) is 26.4 Å². The van der Waals surface area contributed by atoms with Crippen LogP contribution in [0.5, 0.6) is 0 Å². The van der Waals surface area contributed by atoms with Gasteiger partial charge in [-0.25, -0.2) is 4.79 Å². The zero-order valence-corrected chi connectivity index (χ0v) is 17.1. The number of carbonyl (C=O) groups excluding carboxylic acids is 1. The molecule has 3 rings (SSSR count). The normalized spacial score (nSPS) is 19.4. The number of hydrogen-bond donors (Lipinski definition) is 3. The lowest BCUT2D eigenvalue weighted by Crippen LogP contribution is -2.43. The average Bonchev–Trinajstić information content (AvgIpc) is 2.62. The first-order chi connectivity index (χ1) is 12.9. The Morgan fingerprint density at radius 2 is 1.78 bits per heavy atom. The quantitative estimate of drug-likeness (QED) is 0.569. The van der Waals surface area contributed by atoms with Crippen molar-refractivity contribution in [1.29, 1.82) is 0 Å². The first kappa shape index (κ1) is 20.1. The smallest absolute Gasteiger partial charge is 0.319 e. The van der Waals surface area contributed by atoms with E-state index in [1.165, 1.54) is 0 Å². The minimum absolute atomic E-state index is 0.0663. The Hall–Kier alpha value is -1.69. The average molecular weight is 428 g/mol. The van der Waals surface area contributed by atoms with Crippen LogP contribution in [-0.2, 0) is 0 Å². The van der Waals surface area contributed by atoms with Gasteiger partial charge >= 0.3 is 6.03 Å². The maximum absolute atomic E-state index is 12.3. The van der Waals surface area contributed by atoms with Gasteiger partial charge < -0.3 is 16.0 Å². The molecule has 0 radical (unpaired) electrons. The third-order valence-electron chi connectivity index (χ3n) is 4.64. The highest BCUT2D eigenvalue weighted by molar-refractivity contribution is 6.38. The van der Waals surface area contributed by atoms with Crippen molar-refractivity contribution in [2.45, 2.75) is 44.7 Å². The molecule has 2 atom stereocenters. The number of benzene rings is 1. The van der Waals surface area contributed by atoms with Gasteiger partial charge in [0.25, 0.3) is 0 Å². The lowest BCUT2D eigenvalue weighted by molar-refractivity contribution is 0.243. The second-order valence-corrected chi connectivity index (χ2v) is 7.97. The van der Waals surface area contributed by atoms with E-state index in [2.05, 4.69) is 20.9 Å². The Morgan fingerprint density at radius 1 is 1.07 bits per heavy atom. The number of rotatable bonds is 4. The van der Waals surface area contributed by atoms with Crippen molar-refractivity contribution in [1.82, 2.24) is 10.3 Å². The van der Waals surface area contributed by atoms with Crippen molar-refractivity contribution < 1.29 is 4.79 Å². The molecule has 1 unspecified atom stereocenters. The zero-order valence-electron chi connectivity index (χ0n) is 14.9. The van der Waals surface area contributed by atoms with E-state index in [1.54, 1.807) is 18.5 Å². The van der Waals surface area contributed by atoms with Gasteiger partial charge in [-0.1, -0.05) is 40.9 Å². The SMILES string of the molecule is Cc1ccc(NC(=O)N[C@@H]2CCCC(Nc3c(Cl)cncc3Cl)C2)cc1Cl. The second kappa shape index (κ2) is 9.00. The third-order valence-corrected chi connectivity index (χ3v) is 5.62. The molecule has 3 N–H and O–H groups in total. The van der Waals surface area contributed by atoms with Crippen molar-refractivity contribution in [3.8, 4) is 0 Å². The minimum atomic E-state index is -0.236. The number of pyridine rings is 1. The molecule has 2 amide bonds. The van der Waals surface area contributed by atoms with Crippen LogP contribution >= 0.6 is 34.8 Å². The Labute approximate surface area is 173 Å². The number of aromatic nitrogens is 1. The number of hydrogen-bond acceptors (Lipinski definition) is 3. The van der Waals surface area contributed by atoms with Crippen LogP contribution in [0.15, 0.2) is 30.6 Å². The second-order valence-electron chi connectivity index (χ2n) is 6.75. The number of anilines is 2. The number of urea groups is 1. The molecule has 1 aliphatic carbocycles. The van der Waals surface area contributed by atoms with Gasteiger partial charge in [-0.15, -0.1) is 0 Å². The molecule has 2 aromatic rings. The molecular formula is C19H21Cl3N4O. The number of nitrogens with one attached hydrogen (secondary N) is 3. The Balaban J connectivity index is 1.56. The first-order valence-corrected chi connectivity index (χ1v) is 9.95. The Kier molecular flexibility index (Phi) is 6.68. The molecule has 1 aliphatic rings. The number of carbonyl (C=O) groups is 1. The molecule has 8 heteroatoms. The molecule has 27 heavy (non-hydrogen) atoms. The van der Waals surface area contributed by atoms with Crippen LogP contribution in [0.2, 0.25) is 15.1 Å². The van der Waals surface area contributed by atoms with E-state index < -0.39 is 0 Å². The fourth-order valence-corrected chi connectivity index (χ4v) is 3.88. The summed E-state index contributed by atoms with van der Waals surface area (Å²) < 4.78 is 0. The van der Waals surface area contributed by atoms with Gasteiger partial charge in [0.15, 0.2) is 0 Å². The van der Waals surface area contributed by atoms with Gasteiger partial charge in [0, 0.05) is 35.2 Å². The van der Waals surface area contributed by atoms with E-state index >= 15 is 0 Å². The molecule has 0 spiro atoms. The van der Waals surface area contributed by atoms with Crippen molar-refractivity contribution >= 4 is 52.2 Å². The van der Waals surface area contributed by atoms with Crippen LogP contribution < -0.4 is 16.0 Å². The molecule has 1 fully saturated rings. The van der Waals surface area contributed by atoms with Gasteiger partial charge in [-0.3, -0.25) is 4.98 Å². The highest BCUT2D eigenvalue weighted by Crippen LogP contribution is 2.32. The first-order valence-electron chi connectivity index (χ1n) is 8.81. The van der Waals surface area contributed by atoms with Crippen molar-refractivity contribution in [3.63, 3.8) is 0 Å². The fourth-order valence-electron chi connectivity index (χ4n) is 3.23. The summed E-state index contributed by atoms with van der Waals surface area (Å²) in [4.78, 5) is 16.3. The lowest BCUT2D eigenvalue weighted by atomic mass is 9.91. The monoisotopic (exact) mass is 426 g/mol. The number of amides is 2. The van der Waals surface area contributed by atoms with Crippen molar-refractivity contribution in [3.05, 3.63) is 51.2 Å². The lowest BCUT2D eigenvalue weighted by Gasteiger charge is -2.31. The van der Waals surface area contributed by atoms with E-state index in [4.69, 9.17) is 34.8 Å². The predicted octanol–water partition coefficient (Wildman–Crippen LogP) is 5.90. The van der Waals surface area contributed by atoms with Gasteiger partial charge in [-0.2, -0.15) is 0 Å². The zero-order chi connectivity index (χ0) is 19.4. The van der Waals surface area contributed by atoms with Crippen LogP contribution in [0.25, 0.3) is 0 Å². The maximum atomic E-state index is 12.3. The summed E-state index contributed by atoms with van der Waals surface area (Å²) in [5, 5.41) is 10.9. The molecule has 1 aromatic heterocycles. The molecule has 0 aliphatic heterocycles. The van der Waals surface area contributed by atoms with Crippen LogP contribution in [0.3, 0.4) is 0 Å². The summed E-state index contributed by atoms with van der Waals surface area (Å²) in [6.07, 6.45) is 6.83. The van der Waals surface area contributed by atoms with Crippen LogP contribution in [0.1, 0.15) is 31.2 Å². The maximum Gasteiger partial charge on any atom is 0.319 e. The molecule has 0 bridgehead atoms. The van der Waals surface area contributed by atoms with E-state index in [-0.39, 0.29) is 18.1 Å². The van der Waals surface area contributed by atoms with Crippen molar-refractivity contribution in [2.75, 3.05) is 10.6 Å². The van der Waals surface area contributed by atoms with Crippen LogP contribution in [0.4, 0.5) is 16.2 Å². The largest absolute Gasteiger partial charge is 0.380 e. The summed E-state index contributed by atoms with van der Waals surface area (Å²) in [6.45, 7) is 1.92. The van der Waals surface area contributed by atoms with Crippen LogP contribution in [0, 0.1) is 6.92 Å². The summed E-state index contributed by atoms with van der Waals surface area (Å²) in [5.74, 6) is 0. The highest BCUT2D eigenvalue weighted by atomic mass is 35.5. The summed E-state index contributed by atoms with van der Waals surface area (Å²) >= 11 is 18.5. The predicted molar refractivity (Wildman–Crippen MR) is 112 cm³/mol. The van der Waals surface area contributed by atoms with E-state index in [9.17, 15) is 4.79 Å². The van der Waals surface area contributed by atoms with Gasteiger partial charge in [0.2, 0.25) is 0 Å². The molecule has 5 nitrogen and oxygen atoms in total. The van der Waals surface area contributed by atoms with Crippen molar-refractivity contribution in [2.24, 2.45) is 0 Å². The fraction of sp³-hybridized carbons (Fsp3) is 0.368. The number of aryl methyl sites for hydroxylation is 1. The Morgan fingerprint density at radius 3 is 2.48 bits per heavy atom. The van der Waals surface area contributed by atoms with Gasteiger partial charge in [0.05, 0.1) is 15.7 Å². The molecular weight excluding hydrogens is 407 g/mol. The summed E-state index contributed by atoms with van der Waals surface area (Å²) in [5.41, 5.74) is 2.33. The topological polar surface area (TPSA) is 66.1 Å². The van der Waals surface area contributed by atoms with Gasteiger partial charge in [-0.05, 0) is 50.3 Å². The highest BCUT2D eigenvalue weighted by Gasteiger charge is 2.24. The molecule has 1 heterocycles. The summed E-state index contributed by atoms with van der Waals surface area (Å²) in [7, 11) is 0. The molecule has 1 aromatic carbocycles. The number of nitrogens with zero attached hydrogens (tertiary/aromatic N) is 1. The molecule has 0 saturated heterocycles. The Bertz CT molecular complexity index is 810.